The van der Waals surface area contributed by atoms with E-state index in [1.807, 2.05) is 5.38 Å². The first-order chi connectivity index (χ1) is 10.1. The number of aromatic carboxylic acids is 1. The lowest BCUT2D eigenvalue weighted by Crippen LogP contribution is -2.30. The molecule has 0 saturated carbocycles. The van der Waals surface area contributed by atoms with E-state index >= 15 is 0 Å². The van der Waals surface area contributed by atoms with Gasteiger partial charge in [0.2, 0.25) is 0 Å². The molecule has 0 saturated heterocycles. The number of urea groups is 1. The van der Waals surface area contributed by atoms with Gasteiger partial charge in [-0.1, -0.05) is 11.6 Å². The van der Waals surface area contributed by atoms with Gasteiger partial charge in [-0.15, -0.1) is 11.3 Å². The summed E-state index contributed by atoms with van der Waals surface area (Å²) in [6.07, 6.45) is 2.34. The lowest BCUT2D eigenvalue weighted by Gasteiger charge is -2.09. The van der Waals surface area contributed by atoms with E-state index in [-0.39, 0.29) is 16.3 Å². The smallest absolute Gasteiger partial charge is 0.335 e. The Morgan fingerprint density at radius 1 is 1.38 bits per heavy atom. The highest BCUT2D eigenvalue weighted by Gasteiger charge is 2.10. The number of carboxylic acid groups (broad SMARTS) is 1. The molecule has 1 heterocycles. The number of carbonyl (C=O) groups is 2. The topological polar surface area (TPSA) is 91.3 Å². The molecular formula is C13H12ClN3O3S. The molecule has 0 bridgehead atoms. The molecule has 3 N–H and O–H groups in total. The third-order valence-electron chi connectivity index (χ3n) is 2.57. The maximum absolute atomic E-state index is 11.7. The number of thiazole rings is 1. The van der Waals surface area contributed by atoms with E-state index in [4.69, 9.17) is 16.7 Å². The van der Waals surface area contributed by atoms with Crippen molar-refractivity contribution in [3.05, 3.63) is 45.4 Å². The minimum absolute atomic E-state index is 0.0532. The monoisotopic (exact) mass is 325 g/mol. The lowest BCUT2D eigenvalue weighted by molar-refractivity contribution is 0.0697. The first-order valence-corrected chi connectivity index (χ1v) is 7.28. The number of rotatable bonds is 5. The molecule has 0 aliphatic carbocycles. The quantitative estimate of drug-likeness (QED) is 0.788. The molecule has 0 spiro atoms. The summed E-state index contributed by atoms with van der Waals surface area (Å²) < 4.78 is 0. The standard InChI is InChI=1S/C13H12ClN3O3S/c14-9-2-1-8(12(18)19)7-10(9)17-13(20)16-4-3-11-15-5-6-21-11/h1-2,5-7H,3-4H2,(H,18,19)(H2,16,17,20). The Bertz CT molecular complexity index is 646. The van der Waals surface area contributed by atoms with E-state index in [0.717, 1.165) is 5.01 Å². The zero-order chi connectivity index (χ0) is 15.2. The fourth-order valence-electron chi connectivity index (χ4n) is 1.58. The van der Waals surface area contributed by atoms with E-state index in [9.17, 15) is 9.59 Å². The number of aromatic nitrogens is 1. The van der Waals surface area contributed by atoms with E-state index in [2.05, 4.69) is 15.6 Å². The summed E-state index contributed by atoms with van der Waals surface area (Å²) in [5, 5.41) is 17.2. The number of hydrogen-bond acceptors (Lipinski definition) is 4. The fourth-order valence-corrected chi connectivity index (χ4v) is 2.37. The van der Waals surface area contributed by atoms with Crippen LogP contribution < -0.4 is 10.6 Å². The second-order valence-electron chi connectivity index (χ2n) is 4.06. The molecule has 0 aliphatic heterocycles. The first-order valence-electron chi connectivity index (χ1n) is 6.02. The Kier molecular flexibility index (Phi) is 5.13. The van der Waals surface area contributed by atoms with Gasteiger partial charge in [0.25, 0.3) is 0 Å². The molecule has 0 atom stereocenters. The average Bonchev–Trinajstić information content (AvgIpc) is 2.94. The number of halogens is 1. The molecule has 0 aliphatic rings. The molecule has 6 nitrogen and oxygen atoms in total. The van der Waals surface area contributed by atoms with E-state index in [0.29, 0.717) is 13.0 Å². The van der Waals surface area contributed by atoms with Crippen LogP contribution in [0, 0.1) is 0 Å². The summed E-state index contributed by atoms with van der Waals surface area (Å²) >= 11 is 7.43. The number of anilines is 1. The number of benzene rings is 1. The molecule has 1 aromatic carbocycles. The molecule has 0 fully saturated rings. The molecule has 21 heavy (non-hydrogen) atoms. The number of hydrogen-bond donors (Lipinski definition) is 3. The minimum atomic E-state index is -1.08. The molecule has 1 aromatic heterocycles. The summed E-state index contributed by atoms with van der Waals surface area (Å²) in [6, 6.07) is 3.66. The Hall–Kier alpha value is -2.12. The SMILES string of the molecule is O=C(NCCc1nccs1)Nc1cc(C(=O)O)ccc1Cl. The maximum Gasteiger partial charge on any atom is 0.335 e. The maximum atomic E-state index is 11.7. The van der Waals surface area contributed by atoms with E-state index in [1.54, 1.807) is 6.20 Å². The summed E-state index contributed by atoms with van der Waals surface area (Å²) in [4.78, 5) is 26.7. The summed E-state index contributed by atoms with van der Waals surface area (Å²) in [5.41, 5.74) is 0.306. The highest BCUT2D eigenvalue weighted by atomic mass is 35.5. The Morgan fingerprint density at radius 2 is 2.19 bits per heavy atom. The van der Waals surface area contributed by atoms with Crippen molar-refractivity contribution in [2.75, 3.05) is 11.9 Å². The van der Waals surface area contributed by atoms with Crippen molar-refractivity contribution in [3.8, 4) is 0 Å². The summed E-state index contributed by atoms with van der Waals surface area (Å²) in [7, 11) is 0. The van der Waals surface area contributed by atoms with Crippen LogP contribution in [0.15, 0.2) is 29.8 Å². The number of nitrogens with zero attached hydrogens (tertiary/aromatic N) is 1. The van der Waals surface area contributed by atoms with Crippen LogP contribution in [0.5, 0.6) is 0 Å². The number of amides is 2. The van der Waals surface area contributed by atoms with E-state index < -0.39 is 12.0 Å². The van der Waals surface area contributed by atoms with Crippen LogP contribution in [0.1, 0.15) is 15.4 Å². The van der Waals surface area contributed by atoms with Crippen molar-refractivity contribution >= 4 is 40.6 Å². The molecule has 2 rings (SSSR count). The van der Waals surface area contributed by atoms with Crippen molar-refractivity contribution in [3.63, 3.8) is 0 Å². The highest BCUT2D eigenvalue weighted by Crippen LogP contribution is 2.22. The van der Waals surface area contributed by atoms with Gasteiger partial charge in [0, 0.05) is 24.5 Å². The van der Waals surface area contributed by atoms with Crippen molar-refractivity contribution in [2.45, 2.75) is 6.42 Å². The predicted molar refractivity (Wildman–Crippen MR) is 81.3 cm³/mol. The molecule has 2 amide bonds. The number of carbonyl (C=O) groups excluding carboxylic acids is 1. The van der Waals surface area contributed by atoms with Crippen LogP contribution in [0.2, 0.25) is 5.02 Å². The van der Waals surface area contributed by atoms with Crippen LogP contribution in [0.25, 0.3) is 0 Å². The normalized spacial score (nSPS) is 10.1. The van der Waals surface area contributed by atoms with Crippen LogP contribution in [0.3, 0.4) is 0 Å². The molecule has 0 radical (unpaired) electrons. The van der Waals surface area contributed by atoms with Crippen LogP contribution >= 0.6 is 22.9 Å². The largest absolute Gasteiger partial charge is 0.478 e. The van der Waals surface area contributed by atoms with Crippen molar-refractivity contribution < 1.29 is 14.7 Å². The van der Waals surface area contributed by atoms with Crippen LogP contribution in [-0.2, 0) is 6.42 Å². The molecule has 2 aromatic rings. The summed E-state index contributed by atoms with van der Waals surface area (Å²) in [5.74, 6) is -1.08. The second kappa shape index (κ2) is 7.05. The van der Waals surface area contributed by atoms with Crippen molar-refractivity contribution in [1.29, 1.82) is 0 Å². The van der Waals surface area contributed by atoms with Crippen molar-refractivity contribution in [2.24, 2.45) is 0 Å². The fraction of sp³-hybridized carbons (Fsp3) is 0.154. The zero-order valence-corrected chi connectivity index (χ0v) is 12.4. The lowest BCUT2D eigenvalue weighted by atomic mass is 10.2. The molecular weight excluding hydrogens is 314 g/mol. The predicted octanol–water partition coefficient (Wildman–Crippen LogP) is 2.86. The van der Waals surface area contributed by atoms with E-state index in [1.165, 1.54) is 29.5 Å². The third kappa shape index (κ3) is 4.44. The summed E-state index contributed by atoms with van der Waals surface area (Å²) in [6.45, 7) is 0.426. The zero-order valence-electron chi connectivity index (χ0n) is 10.8. The number of carboxylic acids is 1. The number of nitrogens with one attached hydrogen (secondary N) is 2. The first kappa shape index (κ1) is 15.3. The molecule has 8 heteroatoms. The van der Waals surface area contributed by atoms with Gasteiger partial charge < -0.3 is 15.7 Å². The average molecular weight is 326 g/mol. The van der Waals surface area contributed by atoms with Gasteiger partial charge in [-0.3, -0.25) is 0 Å². The van der Waals surface area contributed by atoms with Gasteiger partial charge in [0.15, 0.2) is 0 Å². The third-order valence-corrected chi connectivity index (χ3v) is 3.74. The van der Waals surface area contributed by atoms with Crippen LogP contribution in [0.4, 0.5) is 10.5 Å². The van der Waals surface area contributed by atoms with Gasteiger partial charge in [-0.05, 0) is 18.2 Å². The second-order valence-corrected chi connectivity index (χ2v) is 5.44. The molecule has 110 valence electrons. The van der Waals surface area contributed by atoms with Gasteiger partial charge in [-0.2, -0.15) is 0 Å². The van der Waals surface area contributed by atoms with Gasteiger partial charge >= 0.3 is 12.0 Å². The Labute approximate surface area is 129 Å². The Morgan fingerprint density at radius 3 is 2.86 bits per heavy atom. The van der Waals surface area contributed by atoms with Gasteiger partial charge in [-0.25, -0.2) is 14.6 Å². The Balaban J connectivity index is 1.90. The molecule has 0 unspecified atom stereocenters. The highest BCUT2D eigenvalue weighted by molar-refractivity contribution is 7.09. The van der Waals surface area contributed by atoms with Gasteiger partial charge in [0.05, 0.1) is 21.3 Å². The van der Waals surface area contributed by atoms with Crippen LogP contribution in [-0.4, -0.2) is 28.6 Å². The van der Waals surface area contributed by atoms with Crippen molar-refractivity contribution in [1.82, 2.24) is 10.3 Å². The van der Waals surface area contributed by atoms with Gasteiger partial charge in [0.1, 0.15) is 0 Å². The minimum Gasteiger partial charge on any atom is -0.478 e.